The summed E-state index contributed by atoms with van der Waals surface area (Å²) in [5.74, 6) is -0.155. The Balaban J connectivity index is 1.84. The van der Waals surface area contributed by atoms with Gasteiger partial charge in [0.2, 0.25) is 5.76 Å². The molecule has 7 heteroatoms. The van der Waals surface area contributed by atoms with Gasteiger partial charge in [0, 0.05) is 26.7 Å². The maximum absolute atomic E-state index is 11.9. The number of carbonyl (C=O) groups is 1. The van der Waals surface area contributed by atoms with Crippen LogP contribution in [0.25, 0.3) is 11.0 Å². The largest absolute Gasteiger partial charge is 0.351 e. The van der Waals surface area contributed by atoms with Crippen LogP contribution in [0.3, 0.4) is 0 Å². The van der Waals surface area contributed by atoms with Gasteiger partial charge < -0.3 is 9.84 Å². The molecule has 0 bridgehead atoms. The fourth-order valence-electron chi connectivity index (χ4n) is 2.26. The molecule has 0 aliphatic heterocycles. The van der Waals surface area contributed by atoms with Gasteiger partial charge in [0.25, 0.3) is 5.91 Å². The minimum Gasteiger partial charge on any atom is -0.351 e. The van der Waals surface area contributed by atoms with E-state index in [4.69, 9.17) is 4.52 Å². The zero-order chi connectivity index (χ0) is 15.0. The zero-order valence-electron chi connectivity index (χ0n) is 11.7. The quantitative estimate of drug-likeness (QED) is 0.772. The van der Waals surface area contributed by atoms with Gasteiger partial charge in [-0.1, -0.05) is 11.2 Å². The number of amides is 1. The van der Waals surface area contributed by atoms with E-state index in [0.29, 0.717) is 6.54 Å². The monoisotopic (exact) mass is 286 g/mol. The van der Waals surface area contributed by atoms with Gasteiger partial charge in [-0.05, 0) is 17.7 Å². The first-order valence-electron chi connectivity index (χ1n) is 6.41. The molecule has 7 nitrogen and oxygen atoms in total. The van der Waals surface area contributed by atoms with Crippen LogP contribution in [-0.2, 0) is 20.6 Å². The lowest BCUT2D eigenvalue weighted by molar-refractivity contribution is 0.0914. The molecular formula is C14H14N4O3. The second-order valence-electron chi connectivity index (χ2n) is 4.78. The molecular weight excluding hydrogens is 272 g/mol. The molecule has 3 rings (SSSR count). The second-order valence-corrected chi connectivity index (χ2v) is 4.78. The second kappa shape index (κ2) is 4.93. The lowest BCUT2D eigenvalue weighted by Crippen LogP contribution is -2.22. The van der Waals surface area contributed by atoms with Crippen molar-refractivity contribution in [2.45, 2.75) is 6.54 Å². The Bertz CT molecular complexity index is 858. The number of nitrogens with one attached hydrogen (secondary N) is 1. The number of carbonyl (C=O) groups excluding carboxylic acids is 1. The molecule has 0 atom stereocenters. The number of hydrogen-bond acceptors (Lipinski definition) is 4. The Labute approximate surface area is 119 Å². The molecule has 0 fully saturated rings. The summed E-state index contributed by atoms with van der Waals surface area (Å²) >= 11 is 0. The van der Waals surface area contributed by atoms with Gasteiger partial charge in [0.15, 0.2) is 0 Å². The lowest BCUT2D eigenvalue weighted by Gasteiger charge is -2.04. The average molecular weight is 286 g/mol. The molecule has 0 saturated heterocycles. The Morgan fingerprint density at radius 3 is 2.71 bits per heavy atom. The van der Waals surface area contributed by atoms with E-state index in [9.17, 15) is 9.59 Å². The molecule has 2 heterocycles. The number of hydrogen-bond donors (Lipinski definition) is 1. The lowest BCUT2D eigenvalue weighted by atomic mass is 10.2. The Kier molecular flexibility index (Phi) is 3.09. The van der Waals surface area contributed by atoms with E-state index in [1.165, 1.54) is 12.3 Å². The van der Waals surface area contributed by atoms with Crippen molar-refractivity contribution in [1.82, 2.24) is 19.6 Å². The van der Waals surface area contributed by atoms with E-state index < -0.39 is 0 Å². The van der Waals surface area contributed by atoms with Crippen LogP contribution >= 0.6 is 0 Å². The number of imidazole rings is 1. The van der Waals surface area contributed by atoms with E-state index >= 15 is 0 Å². The smallest absolute Gasteiger partial charge is 0.328 e. The summed E-state index contributed by atoms with van der Waals surface area (Å²) in [4.78, 5) is 23.6. The van der Waals surface area contributed by atoms with Crippen LogP contribution in [0.1, 0.15) is 16.1 Å². The number of fused-ring (bicyclic) bond motifs is 1. The SMILES string of the molecule is Cn1c(=O)n(C)c2cc(CNC(=O)c3ccno3)ccc21. The minimum absolute atomic E-state index is 0.0761. The van der Waals surface area contributed by atoms with Gasteiger partial charge in [0.05, 0.1) is 17.2 Å². The topological polar surface area (TPSA) is 82.1 Å². The molecule has 1 amide bonds. The summed E-state index contributed by atoms with van der Waals surface area (Å²) in [6, 6.07) is 7.13. The standard InChI is InChI=1S/C14H14N4O3/c1-17-10-4-3-9(7-11(10)18(2)14(17)20)8-15-13(19)12-5-6-16-21-12/h3-7H,8H2,1-2H3,(H,15,19). The molecule has 2 aromatic heterocycles. The fraction of sp³-hybridized carbons (Fsp3) is 0.214. The van der Waals surface area contributed by atoms with Crippen LogP contribution in [-0.4, -0.2) is 20.2 Å². The maximum Gasteiger partial charge on any atom is 0.328 e. The number of benzene rings is 1. The predicted molar refractivity (Wildman–Crippen MR) is 75.8 cm³/mol. The number of aromatic nitrogens is 3. The van der Waals surface area contributed by atoms with Crippen LogP contribution in [0.15, 0.2) is 39.8 Å². The van der Waals surface area contributed by atoms with Gasteiger partial charge in [-0.2, -0.15) is 0 Å². The molecule has 0 saturated carbocycles. The van der Waals surface area contributed by atoms with Crippen LogP contribution < -0.4 is 11.0 Å². The summed E-state index contributed by atoms with van der Waals surface area (Å²) < 4.78 is 7.95. The number of nitrogens with zero attached hydrogens (tertiary/aromatic N) is 3. The predicted octanol–water partition coefficient (Wildman–Crippen LogP) is 0.795. The summed E-state index contributed by atoms with van der Waals surface area (Å²) in [7, 11) is 3.46. The number of rotatable bonds is 3. The molecule has 108 valence electrons. The van der Waals surface area contributed by atoms with Gasteiger partial charge in [-0.25, -0.2) is 4.79 Å². The van der Waals surface area contributed by atoms with Crippen LogP contribution in [0, 0.1) is 0 Å². The highest BCUT2D eigenvalue weighted by molar-refractivity contribution is 5.91. The Morgan fingerprint density at radius 1 is 1.24 bits per heavy atom. The summed E-state index contributed by atoms with van der Waals surface area (Å²) in [6.07, 6.45) is 1.42. The molecule has 0 radical (unpaired) electrons. The van der Waals surface area contributed by atoms with Gasteiger partial charge in [-0.3, -0.25) is 13.9 Å². The first-order chi connectivity index (χ1) is 10.1. The van der Waals surface area contributed by atoms with Crippen molar-refractivity contribution in [3.8, 4) is 0 Å². The van der Waals surface area contributed by atoms with Crippen LogP contribution in [0.5, 0.6) is 0 Å². The highest BCUT2D eigenvalue weighted by Crippen LogP contribution is 2.14. The van der Waals surface area contributed by atoms with Crippen molar-refractivity contribution in [3.63, 3.8) is 0 Å². The first-order valence-corrected chi connectivity index (χ1v) is 6.41. The molecule has 21 heavy (non-hydrogen) atoms. The molecule has 3 aromatic rings. The van der Waals surface area contributed by atoms with E-state index in [1.54, 1.807) is 23.2 Å². The minimum atomic E-state index is -0.324. The van der Waals surface area contributed by atoms with Gasteiger partial charge in [0.1, 0.15) is 0 Å². The third-order valence-corrected chi connectivity index (χ3v) is 3.45. The maximum atomic E-state index is 11.9. The van der Waals surface area contributed by atoms with Crippen LogP contribution in [0.4, 0.5) is 0 Å². The van der Waals surface area contributed by atoms with Crippen molar-refractivity contribution in [2.24, 2.45) is 14.1 Å². The highest BCUT2D eigenvalue weighted by Gasteiger charge is 2.11. The van der Waals surface area contributed by atoms with Gasteiger partial charge in [-0.15, -0.1) is 0 Å². The van der Waals surface area contributed by atoms with E-state index in [0.717, 1.165) is 16.6 Å². The Morgan fingerprint density at radius 2 is 2.00 bits per heavy atom. The van der Waals surface area contributed by atoms with E-state index in [-0.39, 0.29) is 17.4 Å². The molecule has 0 aliphatic rings. The van der Waals surface area contributed by atoms with Gasteiger partial charge >= 0.3 is 5.69 Å². The zero-order valence-corrected chi connectivity index (χ0v) is 11.7. The fourth-order valence-corrected chi connectivity index (χ4v) is 2.26. The third-order valence-electron chi connectivity index (χ3n) is 3.45. The molecule has 0 unspecified atom stereocenters. The number of aryl methyl sites for hydroxylation is 2. The van der Waals surface area contributed by atoms with Crippen molar-refractivity contribution in [1.29, 1.82) is 0 Å². The van der Waals surface area contributed by atoms with E-state index in [1.807, 2.05) is 18.2 Å². The summed E-state index contributed by atoms with van der Waals surface area (Å²) in [6.45, 7) is 0.346. The summed E-state index contributed by atoms with van der Waals surface area (Å²) in [5.41, 5.74) is 2.51. The molecule has 1 N–H and O–H groups in total. The van der Waals surface area contributed by atoms with Crippen molar-refractivity contribution < 1.29 is 9.32 Å². The molecule has 0 aliphatic carbocycles. The Hall–Kier alpha value is -2.83. The van der Waals surface area contributed by atoms with Crippen molar-refractivity contribution >= 4 is 16.9 Å². The first kappa shape index (κ1) is 13.2. The summed E-state index contributed by atoms with van der Waals surface area (Å²) in [5, 5.41) is 6.23. The highest BCUT2D eigenvalue weighted by atomic mass is 16.5. The average Bonchev–Trinajstić information content (AvgIpc) is 3.10. The van der Waals surface area contributed by atoms with E-state index in [2.05, 4.69) is 10.5 Å². The molecule has 0 spiro atoms. The van der Waals surface area contributed by atoms with Crippen molar-refractivity contribution in [2.75, 3.05) is 0 Å². The third kappa shape index (κ3) is 2.22. The van der Waals surface area contributed by atoms with Crippen LogP contribution in [0.2, 0.25) is 0 Å². The normalized spacial score (nSPS) is 11.0. The van der Waals surface area contributed by atoms with Crippen molar-refractivity contribution in [3.05, 3.63) is 52.3 Å². The molecule has 1 aromatic carbocycles.